The molecule has 3 aromatic rings. The van der Waals surface area contributed by atoms with Crippen LogP contribution in [0.1, 0.15) is 18.5 Å². The Balaban J connectivity index is 1.38. The number of nitrogens with one attached hydrogen (secondary N) is 1. The second kappa shape index (κ2) is 7.32. The lowest BCUT2D eigenvalue weighted by molar-refractivity contribution is -0.127. The Morgan fingerprint density at radius 3 is 2.93 bits per heavy atom. The van der Waals surface area contributed by atoms with Crippen LogP contribution in [0.4, 0.5) is 0 Å². The first-order chi connectivity index (χ1) is 13.1. The van der Waals surface area contributed by atoms with Crippen molar-refractivity contribution < 1.29 is 19.1 Å². The molecule has 1 atom stereocenters. The van der Waals surface area contributed by atoms with Crippen molar-refractivity contribution in [2.75, 3.05) is 19.8 Å². The fourth-order valence-electron chi connectivity index (χ4n) is 2.78. The number of amides is 1. The van der Waals surface area contributed by atoms with E-state index in [-0.39, 0.29) is 18.6 Å². The van der Waals surface area contributed by atoms with Crippen LogP contribution in [-0.2, 0) is 4.79 Å². The molecule has 0 aliphatic carbocycles. The van der Waals surface area contributed by atoms with E-state index in [0.717, 1.165) is 5.56 Å². The summed E-state index contributed by atoms with van der Waals surface area (Å²) in [7, 11) is 0. The van der Waals surface area contributed by atoms with Gasteiger partial charge in [-0.15, -0.1) is 5.10 Å². The third-order valence-electron chi connectivity index (χ3n) is 4.14. The number of nitrogens with zero attached hydrogens (tertiary/aromatic N) is 3. The minimum absolute atomic E-state index is 0.208. The summed E-state index contributed by atoms with van der Waals surface area (Å²) in [6.07, 6.45) is 0. The van der Waals surface area contributed by atoms with Crippen LogP contribution in [0.2, 0.25) is 5.02 Å². The van der Waals surface area contributed by atoms with Crippen LogP contribution in [0, 0.1) is 0 Å². The third kappa shape index (κ3) is 3.75. The average molecular weight is 389 g/mol. The van der Waals surface area contributed by atoms with Gasteiger partial charge >= 0.3 is 0 Å². The first-order valence-electron chi connectivity index (χ1n) is 8.43. The summed E-state index contributed by atoms with van der Waals surface area (Å²) in [5, 5.41) is 11.2. The molecule has 27 heavy (non-hydrogen) atoms. The lowest BCUT2D eigenvalue weighted by Gasteiger charge is -2.21. The van der Waals surface area contributed by atoms with Crippen molar-refractivity contribution in [3.05, 3.63) is 47.0 Å². The van der Waals surface area contributed by atoms with Gasteiger partial charge in [0.25, 0.3) is 5.91 Å². The van der Waals surface area contributed by atoms with Crippen LogP contribution in [0.5, 0.6) is 11.5 Å². The van der Waals surface area contributed by atoms with Gasteiger partial charge in [-0.05, 0) is 48.0 Å². The van der Waals surface area contributed by atoms with E-state index in [0.29, 0.717) is 40.8 Å². The highest BCUT2D eigenvalue weighted by atomic mass is 35.5. The van der Waals surface area contributed by atoms with Gasteiger partial charge in [0.2, 0.25) is 0 Å². The van der Waals surface area contributed by atoms with Crippen molar-refractivity contribution >= 4 is 28.5 Å². The Bertz CT molecular complexity index is 991. The second-order valence-electron chi connectivity index (χ2n) is 6.06. The number of benzene rings is 2. The SMILES string of the molecule is CC(NC(=O)COn1nnc2ccc(Cl)cc21)c1ccc2c(c1)OCCO2. The molecule has 0 saturated heterocycles. The predicted octanol–water partition coefficient (Wildman–Crippen LogP) is 2.16. The maximum Gasteiger partial charge on any atom is 0.261 e. The molecule has 1 amide bonds. The van der Waals surface area contributed by atoms with Gasteiger partial charge in [0.1, 0.15) is 24.2 Å². The minimum atomic E-state index is -0.289. The molecule has 0 saturated carbocycles. The fourth-order valence-corrected chi connectivity index (χ4v) is 2.95. The van der Waals surface area contributed by atoms with Gasteiger partial charge in [-0.3, -0.25) is 4.79 Å². The number of hydrogen-bond donors (Lipinski definition) is 1. The number of aromatic nitrogens is 3. The fraction of sp³-hybridized carbons (Fsp3) is 0.278. The van der Waals surface area contributed by atoms with Gasteiger partial charge in [-0.1, -0.05) is 22.5 Å². The lowest BCUT2D eigenvalue weighted by Crippen LogP contribution is -2.33. The van der Waals surface area contributed by atoms with Crippen molar-refractivity contribution in [3.8, 4) is 11.5 Å². The Kier molecular flexibility index (Phi) is 4.72. The molecule has 1 N–H and O–H groups in total. The molecule has 1 unspecified atom stereocenters. The van der Waals surface area contributed by atoms with E-state index in [1.165, 1.54) is 4.85 Å². The number of carbonyl (C=O) groups is 1. The van der Waals surface area contributed by atoms with E-state index in [2.05, 4.69) is 15.6 Å². The van der Waals surface area contributed by atoms with E-state index < -0.39 is 0 Å². The van der Waals surface area contributed by atoms with Crippen LogP contribution in [0.15, 0.2) is 36.4 Å². The Hall–Kier alpha value is -3.00. The van der Waals surface area contributed by atoms with Gasteiger partial charge in [0.05, 0.1) is 6.04 Å². The summed E-state index contributed by atoms with van der Waals surface area (Å²) in [5.74, 6) is 1.11. The zero-order chi connectivity index (χ0) is 18.8. The molecule has 0 spiro atoms. The topological polar surface area (TPSA) is 87.5 Å². The van der Waals surface area contributed by atoms with E-state index in [1.807, 2.05) is 25.1 Å². The molecule has 2 heterocycles. The highest BCUT2D eigenvalue weighted by Crippen LogP contribution is 2.32. The largest absolute Gasteiger partial charge is 0.486 e. The molecule has 8 nitrogen and oxygen atoms in total. The molecule has 0 fully saturated rings. The molecule has 1 aliphatic rings. The number of fused-ring (bicyclic) bond motifs is 2. The third-order valence-corrected chi connectivity index (χ3v) is 4.37. The monoisotopic (exact) mass is 388 g/mol. The summed E-state index contributed by atoms with van der Waals surface area (Å²) in [6.45, 7) is 2.73. The highest BCUT2D eigenvalue weighted by molar-refractivity contribution is 6.31. The maximum absolute atomic E-state index is 12.2. The normalized spacial score (nSPS) is 14.0. The van der Waals surface area contributed by atoms with Crippen LogP contribution in [0.3, 0.4) is 0 Å². The number of rotatable bonds is 5. The van der Waals surface area contributed by atoms with E-state index in [1.54, 1.807) is 18.2 Å². The number of ether oxygens (including phenoxy) is 2. The molecule has 4 rings (SSSR count). The van der Waals surface area contributed by atoms with Gasteiger partial charge in [0.15, 0.2) is 18.1 Å². The van der Waals surface area contributed by atoms with E-state index in [4.69, 9.17) is 25.9 Å². The molecule has 140 valence electrons. The van der Waals surface area contributed by atoms with E-state index >= 15 is 0 Å². The molecular weight excluding hydrogens is 372 g/mol. The standard InChI is InChI=1S/C18H17ClN4O4/c1-11(12-2-5-16-17(8-12)26-7-6-25-16)20-18(24)10-27-23-15-9-13(19)3-4-14(15)21-22-23/h2-5,8-9,11H,6-7,10H2,1H3,(H,20,24). The Morgan fingerprint density at radius 1 is 1.26 bits per heavy atom. The van der Waals surface area contributed by atoms with Crippen molar-refractivity contribution in [1.29, 1.82) is 0 Å². The summed E-state index contributed by atoms with van der Waals surface area (Å²) < 4.78 is 11.1. The van der Waals surface area contributed by atoms with E-state index in [9.17, 15) is 4.79 Å². The van der Waals surface area contributed by atoms with Crippen LogP contribution in [-0.4, -0.2) is 40.9 Å². The van der Waals surface area contributed by atoms with Crippen molar-refractivity contribution in [1.82, 2.24) is 20.5 Å². The van der Waals surface area contributed by atoms with Crippen LogP contribution >= 0.6 is 11.6 Å². The molecule has 1 aromatic heterocycles. The predicted molar refractivity (Wildman–Crippen MR) is 98.0 cm³/mol. The zero-order valence-electron chi connectivity index (χ0n) is 14.5. The van der Waals surface area contributed by atoms with Gasteiger partial charge in [-0.25, -0.2) is 0 Å². The minimum Gasteiger partial charge on any atom is -0.486 e. The summed E-state index contributed by atoms with van der Waals surface area (Å²) >= 11 is 5.97. The first kappa shape index (κ1) is 17.4. The molecular formula is C18H17ClN4O4. The number of carbonyl (C=O) groups excluding carboxylic acids is 1. The Labute approximate surface area is 159 Å². The molecule has 1 aliphatic heterocycles. The van der Waals surface area contributed by atoms with Crippen molar-refractivity contribution in [2.45, 2.75) is 13.0 Å². The van der Waals surface area contributed by atoms with Gasteiger partial charge < -0.3 is 19.6 Å². The first-order valence-corrected chi connectivity index (χ1v) is 8.81. The summed E-state index contributed by atoms with van der Waals surface area (Å²) in [6, 6.07) is 10.5. The molecule has 9 heteroatoms. The second-order valence-corrected chi connectivity index (χ2v) is 6.50. The lowest BCUT2D eigenvalue weighted by atomic mass is 10.1. The molecule has 0 radical (unpaired) electrons. The summed E-state index contributed by atoms with van der Waals surface area (Å²) in [4.78, 5) is 18.9. The van der Waals surface area contributed by atoms with Gasteiger partial charge in [0, 0.05) is 5.02 Å². The number of hydrogen-bond acceptors (Lipinski definition) is 6. The Morgan fingerprint density at radius 2 is 2.07 bits per heavy atom. The van der Waals surface area contributed by atoms with Gasteiger partial charge in [-0.2, -0.15) is 0 Å². The highest BCUT2D eigenvalue weighted by Gasteiger charge is 2.16. The average Bonchev–Trinajstić information content (AvgIpc) is 3.08. The quantitative estimate of drug-likeness (QED) is 0.720. The smallest absolute Gasteiger partial charge is 0.261 e. The molecule has 0 bridgehead atoms. The van der Waals surface area contributed by atoms with Crippen molar-refractivity contribution in [2.24, 2.45) is 0 Å². The van der Waals surface area contributed by atoms with Crippen LogP contribution < -0.4 is 19.6 Å². The van der Waals surface area contributed by atoms with Crippen LogP contribution in [0.25, 0.3) is 11.0 Å². The maximum atomic E-state index is 12.2. The van der Waals surface area contributed by atoms with Crippen molar-refractivity contribution in [3.63, 3.8) is 0 Å². The number of halogens is 1. The molecule has 2 aromatic carbocycles. The summed E-state index contributed by atoms with van der Waals surface area (Å²) in [5.41, 5.74) is 2.13. The zero-order valence-corrected chi connectivity index (χ0v) is 15.3.